The third kappa shape index (κ3) is 5.75. The molecule has 0 aliphatic carbocycles. The topological polar surface area (TPSA) is 67.9 Å². The molecule has 0 saturated heterocycles. The lowest BCUT2D eigenvalue weighted by Gasteiger charge is -2.21. The molecule has 1 rings (SSSR count). The smallest absolute Gasteiger partial charge is 0.313 e. The van der Waals surface area contributed by atoms with Crippen molar-refractivity contribution in [1.29, 1.82) is 0 Å². The molecule has 1 aromatic carbocycles. The first-order valence-corrected chi connectivity index (χ1v) is 7.63. The van der Waals surface area contributed by atoms with E-state index in [4.69, 9.17) is 9.47 Å². The molecule has 0 aliphatic rings. The molecule has 0 unspecified atom stereocenters. The molecule has 0 aliphatic heterocycles. The summed E-state index contributed by atoms with van der Waals surface area (Å²) < 4.78 is 10.8. The van der Waals surface area contributed by atoms with Gasteiger partial charge in [-0.05, 0) is 30.7 Å². The predicted molar refractivity (Wildman–Crippen MR) is 87.8 cm³/mol. The summed E-state index contributed by atoms with van der Waals surface area (Å²) in [5.74, 6) is -1.27. The normalized spacial score (nSPS) is 10.4. The van der Waals surface area contributed by atoms with Crippen LogP contribution in [0.5, 0.6) is 0 Å². The maximum Gasteiger partial charge on any atom is 0.313 e. The first-order chi connectivity index (χ1) is 10.5. The van der Waals surface area contributed by atoms with E-state index in [9.17, 15) is 9.59 Å². The molecule has 7 heteroatoms. The van der Waals surface area contributed by atoms with Crippen LogP contribution in [0, 0.1) is 6.92 Å². The minimum atomic E-state index is -0.669. The highest BCUT2D eigenvalue weighted by atomic mass is 79.9. The summed E-state index contributed by atoms with van der Waals surface area (Å²) >= 11 is 3.36. The van der Waals surface area contributed by atoms with Gasteiger partial charge < -0.3 is 19.7 Å². The zero-order valence-electron chi connectivity index (χ0n) is 13.0. The number of halogens is 1. The van der Waals surface area contributed by atoms with Crippen molar-refractivity contribution in [1.82, 2.24) is 4.90 Å². The lowest BCUT2D eigenvalue weighted by molar-refractivity contribution is -0.144. The van der Waals surface area contributed by atoms with Crippen molar-refractivity contribution < 1.29 is 19.1 Å². The Labute approximate surface area is 138 Å². The van der Waals surface area contributed by atoms with Gasteiger partial charge in [0.15, 0.2) is 0 Å². The van der Waals surface area contributed by atoms with Gasteiger partial charge in [-0.2, -0.15) is 0 Å². The fourth-order valence-corrected chi connectivity index (χ4v) is 2.28. The summed E-state index contributed by atoms with van der Waals surface area (Å²) in [5, 5.41) is 2.64. The number of benzene rings is 1. The van der Waals surface area contributed by atoms with E-state index in [-0.39, 0.29) is 0 Å². The highest BCUT2D eigenvalue weighted by molar-refractivity contribution is 9.10. The number of methoxy groups -OCH3 is 2. The molecule has 0 bridgehead atoms. The monoisotopic (exact) mass is 372 g/mol. The molecule has 122 valence electrons. The quantitative estimate of drug-likeness (QED) is 0.741. The molecule has 0 aromatic heterocycles. The number of anilines is 1. The van der Waals surface area contributed by atoms with Gasteiger partial charge >= 0.3 is 11.8 Å². The Hall–Kier alpha value is -1.44. The van der Waals surface area contributed by atoms with Gasteiger partial charge in [-0.1, -0.05) is 15.9 Å². The van der Waals surface area contributed by atoms with Crippen LogP contribution in [0.1, 0.15) is 5.56 Å². The summed E-state index contributed by atoms with van der Waals surface area (Å²) in [6, 6.07) is 5.42. The van der Waals surface area contributed by atoms with Gasteiger partial charge in [-0.15, -0.1) is 0 Å². The number of aryl methyl sites for hydroxylation is 1. The standard InChI is InChI=1S/C15H21BrN2O4/c1-11-10-12(16)4-5-13(11)17-14(19)15(20)18(6-8-21-2)7-9-22-3/h4-5,10H,6-9H2,1-3H3,(H,17,19). The van der Waals surface area contributed by atoms with Gasteiger partial charge in [-0.3, -0.25) is 9.59 Å². The fraction of sp³-hybridized carbons (Fsp3) is 0.467. The molecule has 1 N–H and O–H groups in total. The highest BCUT2D eigenvalue weighted by Crippen LogP contribution is 2.20. The second-order valence-electron chi connectivity index (χ2n) is 4.69. The summed E-state index contributed by atoms with van der Waals surface area (Å²) in [7, 11) is 3.09. The highest BCUT2D eigenvalue weighted by Gasteiger charge is 2.22. The number of nitrogens with zero attached hydrogens (tertiary/aromatic N) is 1. The maximum atomic E-state index is 12.2. The Balaban J connectivity index is 2.73. The van der Waals surface area contributed by atoms with Crippen LogP contribution in [0.2, 0.25) is 0 Å². The van der Waals surface area contributed by atoms with Crippen molar-refractivity contribution >= 4 is 33.4 Å². The van der Waals surface area contributed by atoms with E-state index in [0.29, 0.717) is 32.0 Å². The number of carbonyl (C=O) groups is 2. The van der Waals surface area contributed by atoms with E-state index in [2.05, 4.69) is 21.2 Å². The number of rotatable bonds is 7. The minimum Gasteiger partial charge on any atom is -0.383 e. The van der Waals surface area contributed by atoms with Crippen molar-refractivity contribution in [3.8, 4) is 0 Å². The average molecular weight is 373 g/mol. The van der Waals surface area contributed by atoms with Crippen LogP contribution in [-0.4, -0.2) is 57.2 Å². The van der Waals surface area contributed by atoms with Gasteiger partial charge in [0.05, 0.1) is 13.2 Å². The third-order valence-electron chi connectivity index (χ3n) is 3.05. The Kier molecular flexibility index (Phi) is 8.08. The Morgan fingerprint density at radius 2 is 1.77 bits per heavy atom. The van der Waals surface area contributed by atoms with Crippen LogP contribution in [-0.2, 0) is 19.1 Å². The third-order valence-corrected chi connectivity index (χ3v) is 3.54. The van der Waals surface area contributed by atoms with E-state index >= 15 is 0 Å². The second kappa shape index (κ2) is 9.55. The number of hydrogen-bond acceptors (Lipinski definition) is 4. The van der Waals surface area contributed by atoms with Crippen LogP contribution in [0.4, 0.5) is 5.69 Å². The van der Waals surface area contributed by atoms with E-state index in [1.165, 1.54) is 4.90 Å². The lowest BCUT2D eigenvalue weighted by Crippen LogP contribution is -2.43. The molecule has 0 heterocycles. The molecule has 0 spiro atoms. The Bertz CT molecular complexity index is 514. The van der Waals surface area contributed by atoms with E-state index in [0.717, 1.165) is 10.0 Å². The molecule has 22 heavy (non-hydrogen) atoms. The molecular formula is C15H21BrN2O4. The Morgan fingerprint density at radius 1 is 1.18 bits per heavy atom. The van der Waals surface area contributed by atoms with Crippen molar-refractivity contribution in [2.45, 2.75) is 6.92 Å². The first kappa shape index (κ1) is 18.6. The molecule has 0 atom stereocenters. The summed E-state index contributed by atoms with van der Waals surface area (Å²) in [6.45, 7) is 3.26. The molecule has 0 radical (unpaired) electrons. The summed E-state index contributed by atoms with van der Waals surface area (Å²) in [6.07, 6.45) is 0. The number of hydrogen-bond donors (Lipinski definition) is 1. The lowest BCUT2D eigenvalue weighted by atomic mass is 10.2. The molecular weight excluding hydrogens is 352 g/mol. The van der Waals surface area contributed by atoms with Gasteiger partial charge in [0, 0.05) is 37.5 Å². The number of nitrogens with one attached hydrogen (secondary N) is 1. The molecule has 6 nitrogen and oxygen atoms in total. The van der Waals surface area contributed by atoms with Crippen molar-refractivity contribution in [2.75, 3.05) is 45.8 Å². The molecule has 0 saturated carbocycles. The SMILES string of the molecule is COCCN(CCOC)C(=O)C(=O)Nc1ccc(Br)cc1C. The van der Waals surface area contributed by atoms with Crippen molar-refractivity contribution in [2.24, 2.45) is 0 Å². The van der Waals surface area contributed by atoms with Gasteiger partial charge in [-0.25, -0.2) is 0 Å². The van der Waals surface area contributed by atoms with Gasteiger partial charge in [0.25, 0.3) is 0 Å². The summed E-state index contributed by atoms with van der Waals surface area (Å²) in [4.78, 5) is 25.8. The van der Waals surface area contributed by atoms with E-state index in [1.807, 2.05) is 13.0 Å². The predicted octanol–water partition coefficient (Wildman–Crippen LogP) is 1.82. The van der Waals surface area contributed by atoms with Gasteiger partial charge in [0.1, 0.15) is 0 Å². The van der Waals surface area contributed by atoms with Crippen LogP contribution in [0.15, 0.2) is 22.7 Å². The average Bonchev–Trinajstić information content (AvgIpc) is 2.49. The number of amides is 2. The van der Waals surface area contributed by atoms with Crippen molar-refractivity contribution in [3.05, 3.63) is 28.2 Å². The van der Waals surface area contributed by atoms with Crippen LogP contribution < -0.4 is 5.32 Å². The van der Waals surface area contributed by atoms with E-state index < -0.39 is 11.8 Å². The van der Waals surface area contributed by atoms with Crippen LogP contribution in [0.25, 0.3) is 0 Å². The Morgan fingerprint density at radius 3 is 2.27 bits per heavy atom. The largest absolute Gasteiger partial charge is 0.383 e. The number of carbonyl (C=O) groups excluding carboxylic acids is 2. The molecule has 1 aromatic rings. The zero-order valence-corrected chi connectivity index (χ0v) is 14.6. The first-order valence-electron chi connectivity index (χ1n) is 6.84. The number of ether oxygens (including phenoxy) is 2. The van der Waals surface area contributed by atoms with Crippen LogP contribution >= 0.6 is 15.9 Å². The van der Waals surface area contributed by atoms with Crippen LogP contribution in [0.3, 0.4) is 0 Å². The maximum absolute atomic E-state index is 12.2. The van der Waals surface area contributed by atoms with Gasteiger partial charge in [0.2, 0.25) is 0 Å². The fourth-order valence-electron chi connectivity index (χ4n) is 1.80. The van der Waals surface area contributed by atoms with E-state index in [1.54, 1.807) is 26.4 Å². The molecule has 2 amide bonds. The second-order valence-corrected chi connectivity index (χ2v) is 5.61. The van der Waals surface area contributed by atoms with Crippen molar-refractivity contribution in [3.63, 3.8) is 0 Å². The minimum absolute atomic E-state index is 0.339. The zero-order chi connectivity index (χ0) is 16.5. The molecule has 0 fully saturated rings. The summed E-state index contributed by atoms with van der Waals surface area (Å²) in [5.41, 5.74) is 1.48.